The standard InChI is InChI=1S/C11H20N2O3/c1-2-13(9-3-4-12-7-9)11(14)10-8-15-5-6-16-10/h9-10,12H,2-8H2,1H3. The Balaban J connectivity index is 1.93. The number of carbonyl (C=O) groups excluding carboxylic acids is 1. The van der Waals surface area contributed by atoms with Crippen LogP contribution in [0, 0.1) is 0 Å². The molecule has 2 rings (SSSR count). The van der Waals surface area contributed by atoms with E-state index in [0.717, 1.165) is 26.1 Å². The topological polar surface area (TPSA) is 50.8 Å². The molecular weight excluding hydrogens is 208 g/mol. The van der Waals surface area contributed by atoms with Gasteiger partial charge in [0.25, 0.3) is 5.91 Å². The van der Waals surface area contributed by atoms with Crippen LogP contribution in [0.3, 0.4) is 0 Å². The number of amides is 1. The van der Waals surface area contributed by atoms with Crippen molar-refractivity contribution in [1.29, 1.82) is 0 Å². The largest absolute Gasteiger partial charge is 0.376 e. The predicted octanol–water partition coefficient (Wildman–Crippen LogP) is -0.388. The van der Waals surface area contributed by atoms with E-state index in [9.17, 15) is 4.79 Å². The van der Waals surface area contributed by atoms with E-state index in [2.05, 4.69) is 5.32 Å². The van der Waals surface area contributed by atoms with Gasteiger partial charge in [-0.25, -0.2) is 0 Å². The molecule has 2 aliphatic rings. The number of rotatable bonds is 3. The number of hydrogen-bond donors (Lipinski definition) is 1. The van der Waals surface area contributed by atoms with Crippen LogP contribution in [0.2, 0.25) is 0 Å². The summed E-state index contributed by atoms with van der Waals surface area (Å²) >= 11 is 0. The molecule has 0 spiro atoms. The first-order chi connectivity index (χ1) is 7.83. The molecule has 2 fully saturated rings. The maximum absolute atomic E-state index is 12.2. The molecule has 0 aliphatic carbocycles. The molecule has 2 atom stereocenters. The van der Waals surface area contributed by atoms with E-state index in [4.69, 9.17) is 9.47 Å². The van der Waals surface area contributed by atoms with Gasteiger partial charge in [0.1, 0.15) is 0 Å². The summed E-state index contributed by atoms with van der Waals surface area (Å²) in [6, 6.07) is 0.322. The van der Waals surface area contributed by atoms with E-state index in [1.165, 1.54) is 0 Å². The van der Waals surface area contributed by atoms with Crippen LogP contribution in [0.5, 0.6) is 0 Å². The van der Waals surface area contributed by atoms with Crippen LogP contribution in [0.1, 0.15) is 13.3 Å². The van der Waals surface area contributed by atoms with Crippen LogP contribution in [-0.2, 0) is 14.3 Å². The lowest BCUT2D eigenvalue weighted by Gasteiger charge is -2.32. The molecule has 0 saturated carbocycles. The first-order valence-corrected chi connectivity index (χ1v) is 6.03. The smallest absolute Gasteiger partial charge is 0.254 e. The van der Waals surface area contributed by atoms with Gasteiger partial charge in [0.2, 0.25) is 0 Å². The maximum Gasteiger partial charge on any atom is 0.254 e. The number of carbonyl (C=O) groups is 1. The first-order valence-electron chi connectivity index (χ1n) is 6.03. The van der Waals surface area contributed by atoms with Gasteiger partial charge in [-0.05, 0) is 19.9 Å². The van der Waals surface area contributed by atoms with Gasteiger partial charge in [-0.2, -0.15) is 0 Å². The van der Waals surface area contributed by atoms with E-state index >= 15 is 0 Å². The summed E-state index contributed by atoms with van der Waals surface area (Å²) in [4.78, 5) is 14.1. The molecule has 92 valence electrons. The third-order valence-corrected chi connectivity index (χ3v) is 3.19. The van der Waals surface area contributed by atoms with Gasteiger partial charge >= 0.3 is 0 Å². The van der Waals surface area contributed by atoms with Gasteiger partial charge in [-0.3, -0.25) is 4.79 Å². The molecule has 2 unspecified atom stereocenters. The molecule has 1 amide bonds. The predicted molar refractivity (Wildman–Crippen MR) is 59.2 cm³/mol. The summed E-state index contributed by atoms with van der Waals surface area (Å²) in [5, 5.41) is 3.28. The maximum atomic E-state index is 12.2. The van der Waals surface area contributed by atoms with E-state index in [0.29, 0.717) is 25.9 Å². The van der Waals surface area contributed by atoms with Crippen molar-refractivity contribution in [1.82, 2.24) is 10.2 Å². The monoisotopic (exact) mass is 228 g/mol. The fraction of sp³-hybridized carbons (Fsp3) is 0.909. The minimum atomic E-state index is -0.394. The van der Waals surface area contributed by atoms with Gasteiger partial charge in [-0.15, -0.1) is 0 Å². The Bertz CT molecular complexity index is 235. The lowest BCUT2D eigenvalue weighted by molar-refractivity contribution is -0.159. The van der Waals surface area contributed by atoms with Crippen LogP contribution in [0.15, 0.2) is 0 Å². The number of ether oxygens (including phenoxy) is 2. The summed E-state index contributed by atoms with van der Waals surface area (Å²) in [5.74, 6) is 0.0795. The van der Waals surface area contributed by atoms with Gasteiger partial charge in [0, 0.05) is 19.1 Å². The molecule has 2 saturated heterocycles. The zero-order valence-electron chi connectivity index (χ0n) is 9.78. The average Bonchev–Trinajstić information content (AvgIpc) is 2.85. The molecule has 0 aromatic rings. The van der Waals surface area contributed by atoms with E-state index in [-0.39, 0.29) is 5.91 Å². The van der Waals surface area contributed by atoms with E-state index in [1.807, 2.05) is 11.8 Å². The molecule has 0 radical (unpaired) electrons. The molecule has 0 bridgehead atoms. The molecule has 5 nitrogen and oxygen atoms in total. The van der Waals surface area contributed by atoms with Crippen molar-refractivity contribution in [3.63, 3.8) is 0 Å². The summed E-state index contributed by atoms with van der Waals surface area (Å²) in [6.45, 7) is 6.17. The molecule has 5 heteroatoms. The fourth-order valence-corrected chi connectivity index (χ4v) is 2.31. The third-order valence-electron chi connectivity index (χ3n) is 3.19. The van der Waals surface area contributed by atoms with Crippen molar-refractivity contribution in [2.24, 2.45) is 0 Å². The Morgan fingerprint density at radius 1 is 1.50 bits per heavy atom. The normalized spacial score (nSPS) is 30.3. The van der Waals surface area contributed by atoms with Crippen molar-refractivity contribution in [3.8, 4) is 0 Å². The second-order valence-corrected chi connectivity index (χ2v) is 4.21. The molecular formula is C11H20N2O3. The second-order valence-electron chi connectivity index (χ2n) is 4.21. The zero-order valence-corrected chi connectivity index (χ0v) is 9.78. The van der Waals surface area contributed by atoms with Crippen LogP contribution < -0.4 is 5.32 Å². The van der Waals surface area contributed by atoms with Crippen LogP contribution in [0.25, 0.3) is 0 Å². The van der Waals surface area contributed by atoms with E-state index in [1.54, 1.807) is 0 Å². The van der Waals surface area contributed by atoms with Gasteiger partial charge in [0.05, 0.1) is 19.8 Å². The van der Waals surface area contributed by atoms with Gasteiger partial charge in [0.15, 0.2) is 6.10 Å². The Kier molecular flexibility index (Phi) is 4.15. The van der Waals surface area contributed by atoms with Gasteiger partial charge < -0.3 is 19.7 Å². The summed E-state index contributed by atoms with van der Waals surface area (Å²) in [5.41, 5.74) is 0. The highest BCUT2D eigenvalue weighted by Gasteiger charge is 2.32. The van der Waals surface area contributed by atoms with Crippen molar-refractivity contribution >= 4 is 5.91 Å². The zero-order chi connectivity index (χ0) is 11.4. The quantitative estimate of drug-likeness (QED) is 0.715. The molecule has 16 heavy (non-hydrogen) atoms. The number of nitrogens with one attached hydrogen (secondary N) is 1. The summed E-state index contributed by atoms with van der Waals surface area (Å²) < 4.78 is 10.7. The molecule has 0 aromatic carbocycles. The summed E-state index contributed by atoms with van der Waals surface area (Å²) in [6.07, 6.45) is 0.641. The highest BCUT2D eigenvalue weighted by atomic mass is 16.6. The molecule has 1 N–H and O–H groups in total. The number of nitrogens with zero attached hydrogens (tertiary/aromatic N) is 1. The minimum absolute atomic E-state index is 0.0795. The van der Waals surface area contributed by atoms with Crippen molar-refractivity contribution < 1.29 is 14.3 Å². The minimum Gasteiger partial charge on any atom is -0.376 e. The van der Waals surface area contributed by atoms with Crippen LogP contribution in [0.4, 0.5) is 0 Å². The second kappa shape index (κ2) is 5.61. The molecule has 2 aliphatic heterocycles. The van der Waals surface area contributed by atoms with Gasteiger partial charge in [-0.1, -0.05) is 0 Å². The SMILES string of the molecule is CCN(C(=O)C1COCCO1)C1CCNC1. The van der Waals surface area contributed by atoms with E-state index < -0.39 is 6.10 Å². The summed E-state index contributed by atoms with van der Waals surface area (Å²) in [7, 11) is 0. The molecule has 2 heterocycles. The third kappa shape index (κ3) is 2.53. The Morgan fingerprint density at radius 2 is 2.38 bits per heavy atom. The Morgan fingerprint density at radius 3 is 2.94 bits per heavy atom. The molecule has 0 aromatic heterocycles. The highest BCUT2D eigenvalue weighted by molar-refractivity contribution is 5.81. The number of hydrogen-bond acceptors (Lipinski definition) is 4. The number of likely N-dealkylation sites (N-methyl/N-ethyl adjacent to an activating group) is 1. The van der Waals surface area contributed by atoms with Crippen LogP contribution in [-0.4, -0.2) is 62.4 Å². The first kappa shape index (κ1) is 11.8. The van der Waals surface area contributed by atoms with Crippen molar-refractivity contribution in [3.05, 3.63) is 0 Å². The lowest BCUT2D eigenvalue weighted by Crippen LogP contribution is -2.50. The Labute approximate surface area is 96.1 Å². The van der Waals surface area contributed by atoms with Crippen molar-refractivity contribution in [2.75, 3.05) is 39.5 Å². The highest BCUT2D eigenvalue weighted by Crippen LogP contribution is 2.13. The Hall–Kier alpha value is -0.650. The average molecular weight is 228 g/mol. The van der Waals surface area contributed by atoms with Crippen LogP contribution >= 0.6 is 0 Å². The lowest BCUT2D eigenvalue weighted by atomic mass is 10.2. The fourth-order valence-electron chi connectivity index (χ4n) is 2.31. The van der Waals surface area contributed by atoms with Crippen molar-refractivity contribution in [2.45, 2.75) is 25.5 Å².